The van der Waals surface area contributed by atoms with E-state index in [1.807, 2.05) is 0 Å². The molecule has 0 amide bonds. The topological polar surface area (TPSA) is 46.2 Å². The second kappa shape index (κ2) is 5.07. The summed E-state index contributed by atoms with van der Waals surface area (Å²) >= 11 is 3.10. The zero-order chi connectivity index (χ0) is 13.2. The Hall–Kier alpha value is -1.40. The minimum atomic E-state index is -3.75. The van der Waals surface area contributed by atoms with E-state index in [4.69, 9.17) is 0 Å². The zero-order valence-electron chi connectivity index (χ0n) is 9.10. The normalized spacial score (nSPS) is 11.2. The quantitative estimate of drug-likeness (QED) is 0.938. The maximum Gasteiger partial charge on any atom is 0.261 e. The number of hydrogen-bond donors (Lipinski definition) is 1. The Morgan fingerprint density at radius 1 is 1.06 bits per heavy atom. The van der Waals surface area contributed by atoms with Gasteiger partial charge in [0, 0.05) is 4.47 Å². The summed E-state index contributed by atoms with van der Waals surface area (Å²) < 4.78 is 40.2. The highest BCUT2D eigenvalue weighted by Gasteiger charge is 2.15. The fraction of sp³-hybridized carbons (Fsp3) is 0. The summed E-state index contributed by atoms with van der Waals surface area (Å²) in [6.07, 6.45) is 0. The highest BCUT2D eigenvalue weighted by atomic mass is 79.9. The number of benzene rings is 2. The highest BCUT2D eigenvalue weighted by molar-refractivity contribution is 9.10. The van der Waals surface area contributed by atoms with E-state index in [1.54, 1.807) is 24.3 Å². The van der Waals surface area contributed by atoms with Gasteiger partial charge in [0.1, 0.15) is 5.82 Å². The second-order valence-corrected chi connectivity index (χ2v) is 6.14. The molecule has 0 unspecified atom stereocenters. The molecule has 0 bridgehead atoms. The Morgan fingerprint density at radius 3 is 2.33 bits per heavy atom. The van der Waals surface area contributed by atoms with Crippen LogP contribution in [0.15, 0.2) is 57.9 Å². The van der Waals surface area contributed by atoms with E-state index >= 15 is 0 Å². The summed E-state index contributed by atoms with van der Waals surface area (Å²) in [7, 11) is -3.75. The van der Waals surface area contributed by atoms with Crippen molar-refractivity contribution in [2.45, 2.75) is 4.90 Å². The van der Waals surface area contributed by atoms with E-state index in [0.29, 0.717) is 4.47 Å². The van der Waals surface area contributed by atoms with Crippen LogP contribution in [0.3, 0.4) is 0 Å². The van der Waals surface area contributed by atoms with Gasteiger partial charge in [-0.2, -0.15) is 0 Å². The van der Waals surface area contributed by atoms with E-state index in [2.05, 4.69) is 20.7 Å². The van der Waals surface area contributed by atoms with E-state index in [0.717, 1.165) is 0 Å². The van der Waals surface area contributed by atoms with E-state index < -0.39 is 15.8 Å². The molecule has 0 aromatic heterocycles. The van der Waals surface area contributed by atoms with Gasteiger partial charge in [-0.1, -0.05) is 34.1 Å². The van der Waals surface area contributed by atoms with Crippen molar-refractivity contribution in [2.24, 2.45) is 0 Å². The van der Waals surface area contributed by atoms with Crippen molar-refractivity contribution >= 4 is 31.6 Å². The summed E-state index contributed by atoms with van der Waals surface area (Å²) in [5, 5.41) is 0. The first-order valence-electron chi connectivity index (χ1n) is 5.02. The van der Waals surface area contributed by atoms with Crippen molar-refractivity contribution in [3.63, 3.8) is 0 Å². The van der Waals surface area contributed by atoms with Crippen molar-refractivity contribution in [1.82, 2.24) is 0 Å². The molecule has 0 fully saturated rings. The molecule has 2 aromatic rings. The molecule has 0 saturated carbocycles. The third-order valence-electron chi connectivity index (χ3n) is 2.23. The predicted molar refractivity (Wildman–Crippen MR) is 71.4 cm³/mol. The fourth-order valence-corrected chi connectivity index (χ4v) is 2.80. The maximum absolute atomic E-state index is 13.5. The minimum absolute atomic E-state index is 0.0814. The maximum atomic E-state index is 13.5. The van der Waals surface area contributed by atoms with Crippen molar-refractivity contribution in [3.05, 3.63) is 58.8 Å². The van der Waals surface area contributed by atoms with Crippen LogP contribution in [0.1, 0.15) is 0 Å². The summed E-state index contributed by atoms with van der Waals surface area (Å²) in [6.45, 7) is 0. The molecule has 0 saturated heterocycles. The first-order valence-corrected chi connectivity index (χ1v) is 7.29. The smallest absolute Gasteiger partial charge is 0.261 e. The predicted octanol–water partition coefficient (Wildman–Crippen LogP) is 3.39. The van der Waals surface area contributed by atoms with E-state index in [-0.39, 0.29) is 10.6 Å². The third-order valence-corrected chi connectivity index (χ3v) is 4.10. The van der Waals surface area contributed by atoms with Crippen LogP contribution in [0.4, 0.5) is 10.1 Å². The lowest BCUT2D eigenvalue weighted by Crippen LogP contribution is -2.13. The largest absolute Gasteiger partial charge is 0.277 e. The molecule has 2 aromatic carbocycles. The monoisotopic (exact) mass is 329 g/mol. The molecule has 0 spiro atoms. The highest BCUT2D eigenvalue weighted by Crippen LogP contribution is 2.22. The Balaban J connectivity index is 2.34. The zero-order valence-corrected chi connectivity index (χ0v) is 11.5. The van der Waals surface area contributed by atoms with Crippen LogP contribution < -0.4 is 4.72 Å². The molecule has 0 aliphatic carbocycles. The molecule has 2 rings (SSSR count). The van der Waals surface area contributed by atoms with Gasteiger partial charge in [-0.3, -0.25) is 4.72 Å². The number of hydrogen-bond acceptors (Lipinski definition) is 2. The van der Waals surface area contributed by atoms with Crippen molar-refractivity contribution in [3.8, 4) is 0 Å². The molecule has 0 aliphatic heterocycles. The van der Waals surface area contributed by atoms with Crippen LogP contribution in [-0.4, -0.2) is 8.42 Å². The van der Waals surface area contributed by atoms with Crippen molar-refractivity contribution < 1.29 is 12.8 Å². The summed E-state index contributed by atoms with van der Waals surface area (Å²) in [4.78, 5) is 0.0901. The third kappa shape index (κ3) is 2.88. The molecule has 0 radical (unpaired) electrons. The van der Waals surface area contributed by atoms with Gasteiger partial charge in [0.2, 0.25) is 0 Å². The number of sulfonamides is 1. The lowest BCUT2D eigenvalue weighted by molar-refractivity contribution is 0.598. The van der Waals surface area contributed by atoms with Crippen LogP contribution in [-0.2, 0) is 10.0 Å². The van der Waals surface area contributed by atoms with Gasteiger partial charge in [0.05, 0.1) is 10.6 Å². The molecule has 6 heteroatoms. The van der Waals surface area contributed by atoms with E-state index in [1.165, 1.54) is 24.3 Å². The number of halogens is 2. The molecule has 94 valence electrons. The summed E-state index contributed by atoms with van der Waals surface area (Å²) in [5.41, 5.74) is -0.0814. The number of rotatable bonds is 3. The lowest BCUT2D eigenvalue weighted by Gasteiger charge is -2.08. The fourth-order valence-electron chi connectivity index (χ4n) is 1.38. The Bertz CT molecular complexity index is 659. The Labute approximate surface area is 113 Å². The molecule has 0 aliphatic rings. The average Bonchev–Trinajstić information content (AvgIpc) is 2.34. The van der Waals surface area contributed by atoms with Crippen LogP contribution in [0.5, 0.6) is 0 Å². The van der Waals surface area contributed by atoms with Gasteiger partial charge in [-0.15, -0.1) is 0 Å². The molecule has 18 heavy (non-hydrogen) atoms. The minimum Gasteiger partial charge on any atom is -0.277 e. The van der Waals surface area contributed by atoms with Crippen LogP contribution in [0.2, 0.25) is 0 Å². The Kier molecular flexibility index (Phi) is 3.68. The first kappa shape index (κ1) is 13.0. The molecule has 0 atom stereocenters. The number of anilines is 1. The first-order chi connectivity index (χ1) is 8.49. The molecule has 3 nitrogen and oxygen atoms in total. The van der Waals surface area contributed by atoms with Gasteiger partial charge in [0.15, 0.2) is 0 Å². The van der Waals surface area contributed by atoms with Crippen LogP contribution in [0.25, 0.3) is 0 Å². The van der Waals surface area contributed by atoms with E-state index in [9.17, 15) is 12.8 Å². The average molecular weight is 330 g/mol. The number of nitrogens with one attached hydrogen (secondary N) is 1. The molecule has 1 N–H and O–H groups in total. The summed E-state index contributed by atoms with van der Waals surface area (Å²) in [5.74, 6) is -0.635. The molecular weight excluding hydrogens is 321 g/mol. The summed E-state index contributed by atoms with van der Waals surface area (Å²) in [6, 6.07) is 11.9. The van der Waals surface area contributed by atoms with Crippen LogP contribution >= 0.6 is 15.9 Å². The second-order valence-electron chi connectivity index (χ2n) is 3.54. The van der Waals surface area contributed by atoms with Crippen LogP contribution in [0, 0.1) is 5.82 Å². The molecule has 0 heterocycles. The van der Waals surface area contributed by atoms with Gasteiger partial charge in [0.25, 0.3) is 10.0 Å². The standard InChI is InChI=1S/C12H9BrFNO2S/c13-9-6-7-12(11(14)8-9)15-18(16,17)10-4-2-1-3-5-10/h1-8,15H. The van der Waals surface area contributed by atoms with Crippen molar-refractivity contribution in [2.75, 3.05) is 4.72 Å². The SMILES string of the molecule is O=S(=O)(Nc1ccc(Br)cc1F)c1ccccc1. The lowest BCUT2D eigenvalue weighted by atomic mass is 10.3. The van der Waals surface area contributed by atoms with Gasteiger partial charge in [-0.05, 0) is 30.3 Å². The Morgan fingerprint density at radius 2 is 1.72 bits per heavy atom. The van der Waals surface area contributed by atoms with Crippen molar-refractivity contribution in [1.29, 1.82) is 0 Å². The van der Waals surface area contributed by atoms with Gasteiger partial charge >= 0.3 is 0 Å². The van der Waals surface area contributed by atoms with Gasteiger partial charge < -0.3 is 0 Å². The van der Waals surface area contributed by atoms with Gasteiger partial charge in [-0.25, -0.2) is 12.8 Å². The molecular formula is C12H9BrFNO2S.